The minimum atomic E-state index is -0.598. The first-order chi connectivity index (χ1) is 13.6. The first-order valence-electron chi connectivity index (χ1n) is 9.52. The van der Waals surface area contributed by atoms with Crippen LogP contribution in [0.4, 0.5) is 5.69 Å². The van der Waals surface area contributed by atoms with Gasteiger partial charge in [0.1, 0.15) is 11.3 Å². The molecule has 1 aromatic heterocycles. The highest BCUT2D eigenvalue weighted by molar-refractivity contribution is 6.06. The van der Waals surface area contributed by atoms with Gasteiger partial charge in [0.05, 0.1) is 18.2 Å². The Morgan fingerprint density at radius 3 is 2.71 bits per heavy atom. The molecule has 0 radical (unpaired) electrons. The number of pyridine rings is 1. The Morgan fingerprint density at radius 2 is 1.96 bits per heavy atom. The highest BCUT2D eigenvalue weighted by Gasteiger charge is 2.42. The van der Waals surface area contributed by atoms with Crippen LogP contribution >= 0.6 is 0 Å². The molecule has 1 N–H and O–H groups in total. The molecule has 0 saturated carbocycles. The molecule has 2 heterocycles. The quantitative estimate of drug-likeness (QED) is 0.740. The lowest BCUT2D eigenvalue weighted by molar-refractivity contribution is -0.125. The number of carbonyl (C=O) groups is 1. The lowest BCUT2D eigenvalue weighted by Gasteiger charge is -2.36. The Hall–Kier alpha value is -2.92. The largest absolute Gasteiger partial charge is 0.494 e. The normalized spacial score (nSPS) is 15.9. The van der Waals surface area contributed by atoms with Gasteiger partial charge in [-0.25, -0.2) is 0 Å². The number of rotatable bonds is 4. The number of carbonyl (C=O) groups excluding carboxylic acids is 1. The number of ether oxygens (including phenoxy) is 2. The van der Waals surface area contributed by atoms with Gasteiger partial charge in [-0.05, 0) is 49.6 Å². The molecule has 1 amide bonds. The summed E-state index contributed by atoms with van der Waals surface area (Å²) in [6, 6.07) is 15.8. The van der Waals surface area contributed by atoms with Crippen molar-refractivity contribution < 1.29 is 14.3 Å². The number of aryl methyl sites for hydroxylation is 1. The fraction of sp³-hybridized carbons (Fsp3) is 0.304. The number of amides is 1. The van der Waals surface area contributed by atoms with Crippen molar-refractivity contribution in [2.24, 2.45) is 0 Å². The van der Waals surface area contributed by atoms with Crippen LogP contribution in [0.25, 0.3) is 10.9 Å². The van der Waals surface area contributed by atoms with Gasteiger partial charge in [0.25, 0.3) is 0 Å². The van der Waals surface area contributed by atoms with E-state index in [1.807, 2.05) is 36.4 Å². The molecule has 0 aliphatic carbocycles. The SMILES string of the molecule is COc1ccc(NC(=O)C2(c3cccc(C)c3)CCOCC2)c2cccnc12. The zero-order valence-electron chi connectivity index (χ0n) is 16.2. The molecule has 144 valence electrons. The van der Waals surface area contributed by atoms with Gasteiger partial charge in [0.2, 0.25) is 5.91 Å². The minimum Gasteiger partial charge on any atom is -0.494 e. The second-order valence-electron chi connectivity index (χ2n) is 7.23. The third kappa shape index (κ3) is 3.22. The maximum absolute atomic E-state index is 13.6. The van der Waals surface area contributed by atoms with E-state index in [0.29, 0.717) is 31.8 Å². The van der Waals surface area contributed by atoms with Gasteiger partial charge in [-0.15, -0.1) is 0 Å². The summed E-state index contributed by atoms with van der Waals surface area (Å²) in [6.45, 7) is 3.20. The van der Waals surface area contributed by atoms with Crippen molar-refractivity contribution >= 4 is 22.5 Å². The van der Waals surface area contributed by atoms with Gasteiger partial charge in [-0.3, -0.25) is 9.78 Å². The zero-order valence-corrected chi connectivity index (χ0v) is 16.2. The smallest absolute Gasteiger partial charge is 0.235 e. The Bertz CT molecular complexity index is 1010. The topological polar surface area (TPSA) is 60.5 Å². The number of hydrogen-bond acceptors (Lipinski definition) is 4. The summed E-state index contributed by atoms with van der Waals surface area (Å²) in [4.78, 5) is 18.0. The van der Waals surface area contributed by atoms with Crippen LogP contribution < -0.4 is 10.1 Å². The van der Waals surface area contributed by atoms with E-state index in [1.165, 1.54) is 0 Å². The van der Waals surface area contributed by atoms with E-state index < -0.39 is 5.41 Å². The zero-order chi connectivity index (χ0) is 19.6. The number of anilines is 1. The van der Waals surface area contributed by atoms with Gasteiger partial charge in [-0.1, -0.05) is 29.8 Å². The molecule has 0 bridgehead atoms. The number of methoxy groups -OCH3 is 1. The van der Waals surface area contributed by atoms with Crippen LogP contribution in [0.5, 0.6) is 5.75 Å². The minimum absolute atomic E-state index is 0.00304. The number of benzene rings is 2. The van der Waals surface area contributed by atoms with E-state index in [4.69, 9.17) is 9.47 Å². The first kappa shape index (κ1) is 18.4. The molecule has 0 atom stereocenters. The molecule has 28 heavy (non-hydrogen) atoms. The lowest BCUT2D eigenvalue weighted by atomic mass is 9.73. The van der Waals surface area contributed by atoms with Gasteiger partial charge in [0.15, 0.2) is 0 Å². The van der Waals surface area contributed by atoms with Crippen molar-refractivity contribution in [2.45, 2.75) is 25.2 Å². The maximum Gasteiger partial charge on any atom is 0.235 e. The van der Waals surface area contributed by atoms with Crippen LogP contribution in [0.3, 0.4) is 0 Å². The molecule has 3 aromatic rings. The van der Waals surface area contributed by atoms with E-state index in [9.17, 15) is 4.79 Å². The van der Waals surface area contributed by atoms with E-state index in [2.05, 4.69) is 29.4 Å². The molecule has 4 rings (SSSR count). The number of hydrogen-bond donors (Lipinski definition) is 1. The van der Waals surface area contributed by atoms with Crippen molar-refractivity contribution in [1.29, 1.82) is 0 Å². The Labute approximate surface area is 164 Å². The van der Waals surface area contributed by atoms with Crippen LogP contribution in [-0.4, -0.2) is 31.2 Å². The van der Waals surface area contributed by atoms with Crippen molar-refractivity contribution in [2.75, 3.05) is 25.6 Å². The summed E-state index contributed by atoms with van der Waals surface area (Å²) in [5.74, 6) is 0.685. The van der Waals surface area contributed by atoms with E-state index in [0.717, 1.165) is 27.7 Å². The van der Waals surface area contributed by atoms with E-state index in [1.54, 1.807) is 13.3 Å². The van der Waals surface area contributed by atoms with Crippen LogP contribution in [0.1, 0.15) is 24.0 Å². The Kier molecular flexibility index (Phi) is 5.01. The van der Waals surface area contributed by atoms with Gasteiger partial charge in [0, 0.05) is 24.8 Å². The van der Waals surface area contributed by atoms with Gasteiger partial charge < -0.3 is 14.8 Å². The highest BCUT2D eigenvalue weighted by atomic mass is 16.5. The van der Waals surface area contributed by atoms with Crippen molar-refractivity contribution in [3.63, 3.8) is 0 Å². The number of nitrogens with zero attached hydrogens (tertiary/aromatic N) is 1. The van der Waals surface area contributed by atoms with E-state index in [-0.39, 0.29) is 5.91 Å². The second kappa shape index (κ2) is 7.60. The molecule has 0 spiro atoms. The molecule has 1 aliphatic heterocycles. The molecule has 1 fully saturated rings. The fourth-order valence-corrected chi connectivity index (χ4v) is 3.97. The van der Waals surface area contributed by atoms with Crippen LogP contribution in [0, 0.1) is 6.92 Å². The average molecular weight is 376 g/mol. The standard InChI is InChI=1S/C23H24N2O3/c1-16-5-3-6-17(15-16)23(10-13-28-14-11-23)22(26)25-19-8-9-20(27-2)21-18(19)7-4-12-24-21/h3-9,12,15H,10-11,13-14H2,1-2H3,(H,25,26). The summed E-state index contributed by atoms with van der Waals surface area (Å²) in [6.07, 6.45) is 3.05. The molecule has 5 nitrogen and oxygen atoms in total. The predicted molar refractivity (Wildman–Crippen MR) is 110 cm³/mol. The fourth-order valence-electron chi connectivity index (χ4n) is 3.97. The summed E-state index contributed by atoms with van der Waals surface area (Å²) in [7, 11) is 1.62. The summed E-state index contributed by atoms with van der Waals surface area (Å²) < 4.78 is 11.0. The van der Waals surface area contributed by atoms with Crippen molar-refractivity contribution in [3.8, 4) is 5.75 Å². The average Bonchev–Trinajstić information content (AvgIpc) is 2.74. The molecular weight excluding hydrogens is 352 g/mol. The molecular formula is C23H24N2O3. The highest BCUT2D eigenvalue weighted by Crippen LogP contribution is 2.38. The monoisotopic (exact) mass is 376 g/mol. The molecule has 1 aliphatic rings. The Morgan fingerprint density at radius 1 is 1.14 bits per heavy atom. The number of nitrogens with one attached hydrogen (secondary N) is 1. The van der Waals surface area contributed by atoms with Gasteiger partial charge in [-0.2, -0.15) is 0 Å². The van der Waals surface area contributed by atoms with Crippen LogP contribution in [-0.2, 0) is 14.9 Å². The van der Waals surface area contributed by atoms with Gasteiger partial charge >= 0.3 is 0 Å². The summed E-state index contributed by atoms with van der Waals surface area (Å²) in [5, 5.41) is 4.04. The third-order valence-corrected chi connectivity index (χ3v) is 5.55. The van der Waals surface area contributed by atoms with Crippen LogP contribution in [0.2, 0.25) is 0 Å². The summed E-state index contributed by atoms with van der Waals surface area (Å²) in [5.41, 5.74) is 3.07. The lowest BCUT2D eigenvalue weighted by Crippen LogP contribution is -2.44. The van der Waals surface area contributed by atoms with Crippen molar-refractivity contribution in [3.05, 3.63) is 65.9 Å². The van der Waals surface area contributed by atoms with E-state index >= 15 is 0 Å². The molecule has 0 unspecified atom stereocenters. The van der Waals surface area contributed by atoms with Crippen LogP contribution in [0.15, 0.2) is 54.7 Å². The molecule has 2 aromatic carbocycles. The van der Waals surface area contributed by atoms with Crippen molar-refractivity contribution in [1.82, 2.24) is 4.98 Å². The number of aromatic nitrogens is 1. The number of fused-ring (bicyclic) bond motifs is 1. The Balaban J connectivity index is 1.74. The maximum atomic E-state index is 13.6. The predicted octanol–water partition coefficient (Wildman–Crippen LogP) is 4.24. The third-order valence-electron chi connectivity index (χ3n) is 5.55. The molecule has 5 heteroatoms. The summed E-state index contributed by atoms with van der Waals surface area (Å²) >= 11 is 0. The second-order valence-corrected chi connectivity index (χ2v) is 7.23. The molecule has 1 saturated heterocycles. The first-order valence-corrected chi connectivity index (χ1v) is 9.52.